The van der Waals surface area contributed by atoms with Crippen LogP contribution in [0.5, 0.6) is 0 Å². The highest BCUT2D eigenvalue weighted by molar-refractivity contribution is 4.88. The molecule has 12 heavy (non-hydrogen) atoms. The van der Waals surface area contributed by atoms with Crippen LogP contribution in [0.2, 0.25) is 0 Å². The van der Waals surface area contributed by atoms with Crippen molar-refractivity contribution in [3.63, 3.8) is 0 Å². The molecule has 2 nitrogen and oxygen atoms in total. The molecule has 1 saturated heterocycles. The zero-order valence-corrected chi connectivity index (χ0v) is 7.94. The molecule has 0 radical (unpaired) electrons. The van der Waals surface area contributed by atoms with Crippen LogP contribution in [-0.4, -0.2) is 31.3 Å². The smallest absolute Gasteiger partial charge is 0.110 e. The first-order chi connectivity index (χ1) is 5.74. The van der Waals surface area contributed by atoms with Gasteiger partial charge in [-0.2, -0.15) is 0 Å². The van der Waals surface area contributed by atoms with Crippen LogP contribution in [-0.2, 0) is 0 Å². The Bertz CT molecular complexity index is 124. The summed E-state index contributed by atoms with van der Waals surface area (Å²) in [6.07, 6.45) is 1.57. The van der Waals surface area contributed by atoms with Crippen LogP contribution in [0.15, 0.2) is 0 Å². The Morgan fingerprint density at radius 2 is 2.33 bits per heavy atom. The second-order valence-electron chi connectivity index (χ2n) is 3.55. The van der Waals surface area contributed by atoms with Crippen molar-refractivity contribution in [3.8, 4) is 0 Å². The van der Waals surface area contributed by atoms with Crippen molar-refractivity contribution in [1.29, 1.82) is 0 Å². The van der Waals surface area contributed by atoms with Gasteiger partial charge in [0.2, 0.25) is 0 Å². The van der Waals surface area contributed by atoms with Gasteiger partial charge in [-0.3, -0.25) is 0 Å². The molecule has 3 heteroatoms. The van der Waals surface area contributed by atoms with E-state index in [-0.39, 0.29) is 0 Å². The highest BCUT2D eigenvalue weighted by Gasteiger charge is 2.24. The minimum atomic E-state index is -0.737. The maximum atomic E-state index is 12.5. The van der Waals surface area contributed by atoms with E-state index >= 15 is 0 Å². The molecule has 0 aromatic rings. The standard InChI is InChI=1S/C9H19FN2/c1-3-8(9-4-5-11-9)12-6-7(2)10/h7-9,11-12H,3-6H2,1-2H3. The maximum Gasteiger partial charge on any atom is 0.110 e. The largest absolute Gasteiger partial charge is 0.312 e. The average molecular weight is 174 g/mol. The molecule has 0 aromatic carbocycles. The van der Waals surface area contributed by atoms with Gasteiger partial charge >= 0.3 is 0 Å². The first kappa shape index (κ1) is 9.93. The number of halogens is 1. The topological polar surface area (TPSA) is 24.1 Å². The lowest BCUT2D eigenvalue weighted by atomic mass is 9.96. The van der Waals surface area contributed by atoms with E-state index in [0.29, 0.717) is 18.6 Å². The molecule has 72 valence electrons. The van der Waals surface area contributed by atoms with Gasteiger partial charge in [0.05, 0.1) is 0 Å². The zero-order valence-electron chi connectivity index (χ0n) is 7.94. The molecule has 1 rings (SSSR count). The molecule has 1 aliphatic rings. The Kier molecular flexibility index (Phi) is 3.95. The molecule has 0 bridgehead atoms. The molecule has 1 heterocycles. The Hall–Kier alpha value is -0.150. The molecule has 3 atom stereocenters. The van der Waals surface area contributed by atoms with E-state index < -0.39 is 6.17 Å². The van der Waals surface area contributed by atoms with Crippen molar-refractivity contribution in [2.75, 3.05) is 13.1 Å². The van der Waals surface area contributed by atoms with Gasteiger partial charge in [-0.15, -0.1) is 0 Å². The lowest BCUT2D eigenvalue weighted by Crippen LogP contribution is -2.56. The van der Waals surface area contributed by atoms with Crippen molar-refractivity contribution in [1.82, 2.24) is 10.6 Å². The average Bonchev–Trinajstić information content (AvgIpc) is 1.93. The second kappa shape index (κ2) is 4.77. The highest BCUT2D eigenvalue weighted by atomic mass is 19.1. The van der Waals surface area contributed by atoms with Gasteiger partial charge in [-0.05, 0) is 26.3 Å². The Balaban J connectivity index is 2.15. The van der Waals surface area contributed by atoms with Crippen molar-refractivity contribution in [2.45, 2.75) is 44.9 Å². The van der Waals surface area contributed by atoms with Crippen LogP contribution in [0.4, 0.5) is 4.39 Å². The van der Waals surface area contributed by atoms with Crippen molar-refractivity contribution < 1.29 is 4.39 Å². The van der Waals surface area contributed by atoms with Crippen molar-refractivity contribution in [3.05, 3.63) is 0 Å². The van der Waals surface area contributed by atoms with E-state index in [1.807, 2.05) is 0 Å². The summed E-state index contributed by atoms with van der Waals surface area (Å²) in [7, 11) is 0. The Labute approximate surface area is 73.9 Å². The van der Waals surface area contributed by atoms with Crippen LogP contribution in [0.3, 0.4) is 0 Å². The summed E-state index contributed by atoms with van der Waals surface area (Å²) < 4.78 is 12.5. The monoisotopic (exact) mass is 174 g/mol. The van der Waals surface area contributed by atoms with Gasteiger partial charge in [0.25, 0.3) is 0 Å². The van der Waals surface area contributed by atoms with Gasteiger partial charge in [0.1, 0.15) is 6.17 Å². The van der Waals surface area contributed by atoms with Crippen LogP contribution in [0, 0.1) is 0 Å². The molecule has 0 saturated carbocycles. The molecule has 0 aromatic heterocycles. The van der Waals surface area contributed by atoms with E-state index in [9.17, 15) is 4.39 Å². The quantitative estimate of drug-likeness (QED) is 0.651. The molecule has 2 N–H and O–H groups in total. The van der Waals surface area contributed by atoms with Gasteiger partial charge in [-0.1, -0.05) is 6.92 Å². The molecular formula is C9H19FN2. The Morgan fingerprint density at radius 1 is 1.67 bits per heavy atom. The maximum absolute atomic E-state index is 12.5. The van der Waals surface area contributed by atoms with Gasteiger partial charge in [-0.25, -0.2) is 4.39 Å². The van der Waals surface area contributed by atoms with E-state index in [1.165, 1.54) is 6.42 Å². The van der Waals surface area contributed by atoms with E-state index in [2.05, 4.69) is 17.6 Å². The minimum Gasteiger partial charge on any atom is -0.312 e. The summed E-state index contributed by atoms with van der Waals surface area (Å²) in [5.74, 6) is 0. The number of hydrogen-bond acceptors (Lipinski definition) is 2. The Morgan fingerprint density at radius 3 is 2.67 bits per heavy atom. The third kappa shape index (κ3) is 2.72. The number of alkyl halides is 1. The zero-order chi connectivity index (χ0) is 8.97. The number of nitrogens with one attached hydrogen (secondary N) is 2. The normalized spacial score (nSPS) is 27.8. The van der Waals surface area contributed by atoms with E-state index in [4.69, 9.17) is 0 Å². The highest BCUT2D eigenvalue weighted by Crippen LogP contribution is 2.10. The van der Waals surface area contributed by atoms with Crippen LogP contribution >= 0.6 is 0 Å². The predicted octanol–water partition coefficient (Wildman–Crippen LogP) is 1.07. The SMILES string of the molecule is CCC(NCC(C)F)C1CCN1. The molecule has 0 aliphatic carbocycles. The fraction of sp³-hybridized carbons (Fsp3) is 1.00. The van der Waals surface area contributed by atoms with Crippen LogP contribution in [0.25, 0.3) is 0 Å². The summed E-state index contributed by atoms with van der Waals surface area (Å²) in [6, 6.07) is 1.03. The molecule has 3 unspecified atom stereocenters. The third-order valence-corrected chi connectivity index (χ3v) is 2.45. The summed E-state index contributed by atoms with van der Waals surface area (Å²) >= 11 is 0. The van der Waals surface area contributed by atoms with Crippen LogP contribution in [0.1, 0.15) is 26.7 Å². The summed E-state index contributed by atoms with van der Waals surface area (Å²) in [5.41, 5.74) is 0. The third-order valence-electron chi connectivity index (χ3n) is 2.45. The molecule has 0 spiro atoms. The van der Waals surface area contributed by atoms with Crippen molar-refractivity contribution in [2.24, 2.45) is 0 Å². The molecule has 1 fully saturated rings. The summed E-state index contributed by atoms with van der Waals surface area (Å²) in [6.45, 7) is 5.33. The summed E-state index contributed by atoms with van der Waals surface area (Å²) in [5, 5.41) is 6.57. The first-order valence-electron chi connectivity index (χ1n) is 4.85. The number of hydrogen-bond donors (Lipinski definition) is 2. The second-order valence-corrected chi connectivity index (χ2v) is 3.55. The molecule has 1 aliphatic heterocycles. The first-order valence-corrected chi connectivity index (χ1v) is 4.85. The predicted molar refractivity (Wildman–Crippen MR) is 49.1 cm³/mol. The fourth-order valence-corrected chi connectivity index (χ4v) is 1.54. The van der Waals surface area contributed by atoms with Gasteiger partial charge in [0, 0.05) is 18.6 Å². The minimum absolute atomic E-state index is 0.456. The summed E-state index contributed by atoms with van der Waals surface area (Å²) in [4.78, 5) is 0. The fourth-order valence-electron chi connectivity index (χ4n) is 1.54. The lowest BCUT2D eigenvalue weighted by molar-refractivity contribution is 0.250. The van der Waals surface area contributed by atoms with E-state index in [0.717, 1.165) is 13.0 Å². The van der Waals surface area contributed by atoms with E-state index in [1.54, 1.807) is 6.92 Å². The van der Waals surface area contributed by atoms with Crippen LogP contribution < -0.4 is 10.6 Å². The molecular weight excluding hydrogens is 155 g/mol. The van der Waals surface area contributed by atoms with Crippen molar-refractivity contribution >= 4 is 0 Å². The number of rotatable bonds is 5. The van der Waals surface area contributed by atoms with Gasteiger partial charge < -0.3 is 10.6 Å². The lowest BCUT2D eigenvalue weighted by Gasteiger charge is -2.35. The van der Waals surface area contributed by atoms with Gasteiger partial charge in [0.15, 0.2) is 0 Å². The molecule has 0 amide bonds.